The van der Waals surface area contributed by atoms with Gasteiger partial charge in [-0.25, -0.2) is 9.37 Å². The molecule has 0 radical (unpaired) electrons. The summed E-state index contributed by atoms with van der Waals surface area (Å²) >= 11 is 9.44. The van der Waals surface area contributed by atoms with E-state index in [1.807, 2.05) is 11.5 Å². The molecule has 0 N–H and O–H groups in total. The molecule has 2 heterocycles. The van der Waals surface area contributed by atoms with E-state index < -0.39 is 0 Å². The molecule has 1 saturated heterocycles. The Balaban J connectivity index is 2.10. The van der Waals surface area contributed by atoms with Crippen LogP contribution in [0.15, 0.2) is 16.6 Å². The van der Waals surface area contributed by atoms with Gasteiger partial charge < -0.3 is 9.30 Å². The minimum Gasteiger partial charge on any atom is -0.376 e. The number of benzene rings is 1. The second-order valence-electron chi connectivity index (χ2n) is 5.09. The Morgan fingerprint density at radius 2 is 2.40 bits per heavy atom. The average Bonchev–Trinajstić information content (AvgIpc) is 3.00. The zero-order valence-electron chi connectivity index (χ0n) is 11.1. The number of hydrogen-bond acceptors (Lipinski definition) is 2. The molecule has 1 aromatic heterocycles. The van der Waals surface area contributed by atoms with Crippen LogP contribution in [0.25, 0.3) is 11.0 Å². The number of ether oxygens (including phenoxy) is 1. The van der Waals surface area contributed by atoms with Gasteiger partial charge in [0.05, 0.1) is 33.5 Å². The number of fused-ring (bicyclic) bond motifs is 1. The molecule has 3 nitrogen and oxygen atoms in total. The second kappa shape index (κ2) is 5.62. The van der Waals surface area contributed by atoms with Crippen molar-refractivity contribution in [3.8, 4) is 0 Å². The normalized spacial score (nSPS) is 20.7. The van der Waals surface area contributed by atoms with Crippen molar-refractivity contribution in [2.75, 3.05) is 6.61 Å². The third kappa shape index (κ3) is 2.59. The summed E-state index contributed by atoms with van der Waals surface area (Å²) in [7, 11) is 0. The maximum atomic E-state index is 13.6. The van der Waals surface area contributed by atoms with Gasteiger partial charge in [0.2, 0.25) is 0 Å². The summed E-state index contributed by atoms with van der Waals surface area (Å²) in [6.45, 7) is 3.39. The molecule has 0 bridgehead atoms. The predicted octanol–water partition coefficient (Wildman–Crippen LogP) is 4.42. The average molecular weight is 362 g/mol. The molecule has 2 unspecified atom stereocenters. The second-order valence-corrected chi connectivity index (χ2v) is 6.60. The van der Waals surface area contributed by atoms with Crippen LogP contribution in [0.3, 0.4) is 0 Å². The van der Waals surface area contributed by atoms with Gasteiger partial charge in [-0.1, -0.05) is 0 Å². The molecule has 0 amide bonds. The van der Waals surface area contributed by atoms with E-state index in [1.54, 1.807) is 6.07 Å². The number of aromatic nitrogens is 2. The molecule has 0 aliphatic carbocycles. The minimum absolute atomic E-state index is 0.186. The van der Waals surface area contributed by atoms with Crippen molar-refractivity contribution in [1.82, 2.24) is 9.55 Å². The molecule has 0 spiro atoms. The van der Waals surface area contributed by atoms with E-state index in [4.69, 9.17) is 16.3 Å². The van der Waals surface area contributed by atoms with Crippen LogP contribution in [0.1, 0.15) is 31.0 Å². The lowest BCUT2D eigenvalue weighted by Gasteiger charge is -2.15. The molecule has 1 fully saturated rings. The number of hydrogen-bond donors (Lipinski definition) is 0. The van der Waals surface area contributed by atoms with Crippen LogP contribution in [0.4, 0.5) is 4.39 Å². The smallest absolute Gasteiger partial charge is 0.139 e. The van der Waals surface area contributed by atoms with Crippen LogP contribution in [0, 0.1) is 5.82 Å². The van der Waals surface area contributed by atoms with Gasteiger partial charge in [0.1, 0.15) is 11.6 Å². The van der Waals surface area contributed by atoms with Gasteiger partial charge in [0, 0.05) is 12.7 Å². The SMILES string of the molecule is CC(Cl)c1nc2cc(F)c(Br)cc2n1CC1CCCO1. The Bertz CT molecular complexity index is 638. The topological polar surface area (TPSA) is 27.1 Å². The third-order valence-corrected chi connectivity index (χ3v) is 4.39. The quantitative estimate of drug-likeness (QED) is 0.757. The third-order valence-electron chi connectivity index (χ3n) is 3.59. The van der Waals surface area contributed by atoms with Crippen molar-refractivity contribution in [2.45, 2.75) is 37.8 Å². The minimum atomic E-state index is -0.312. The molecule has 1 aliphatic rings. The number of rotatable bonds is 3. The molecule has 2 aromatic rings. The van der Waals surface area contributed by atoms with Gasteiger partial charge in [-0.15, -0.1) is 11.6 Å². The lowest BCUT2D eigenvalue weighted by molar-refractivity contribution is 0.0972. The van der Waals surface area contributed by atoms with E-state index in [0.29, 0.717) is 16.5 Å². The lowest BCUT2D eigenvalue weighted by atomic mass is 10.2. The maximum absolute atomic E-state index is 13.6. The number of imidazole rings is 1. The molecular weight excluding hydrogens is 347 g/mol. The molecular formula is C14H15BrClFN2O. The summed E-state index contributed by atoms with van der Waals surface area (Å²) in [5.41, 5.74) is 1.52. The molecule has 1 aromatic carbocycles. The highest BCUT2D eigenvalue weighted by molar-refractivity contribution is 9.10. The summed E-state index contributed by atoms with van der Waals surface area (Å²) in [5, 5.41) is -0.231. The van der Waals surface area contributed by atoms with Crippen molar-refractivity contribution >= 4 is 38.6 Å². The number of halogens is 3. The molecule has 108 valence electrons. The van der Waals surface area contributed by atoms with E-state index in [9.17, 15) is 4.39 Å². The van der Waals surface area contributed by atoms with E-state index in [2.05, 4.69) is 20.9 Å². The van der Waals surface area contributed by atoms with Gasteiger partial charge in [-0.3, -0.25) is 0 Å². The first-order valence-corrected chi connectivity index (χ1v) is 7.90. The Morgan fingerprint density at radius 3 is 3.05 bits per heavy atom. The van der Waals surface area contributed by atoms with Gasteiger partial charge in [-0.2, -0.15) is 0 Å². The molecule has 2 atom stereocenters. The highest BCUT2D eigenvalue weighted by Gasteiger charge is 2.22. The fourth-order valence-corrected chi connectivity index (χ4v) is 3.12. The Kier molecular flexibility index (Phi) is 4.02. The molecule has 1 aliphatic heterocycles. The summed E-state index contributed by atoms with van der Waals surface area (Å²) in [6.07, 6.45) is 2.31. The van der Waals surface area contributed by atoms with Gasteiger partial charge in [0.25, 0.3) is 0 Å². The first kappa shape index (κ1) is 14.3. The Morgan fingerprint density at radius 1 is 1.60 bits per heavy atom. The van der Waals surface area contributed by atoms with E-state index in [1.165, 1.54) is 6.07 Å². The fraction of sp³-hybridized carbons (Fsp3) is 0.500. The Hall–Kier alpha value is -0.650. The van der Waals surface area contributed by atoms with Crippen LogP contribution in [-0.4, -0.2) is 22.3 Å². The van der Waals surface area contributed by atoms with Crippen molar-refractivity contribution in [2.24, 2.45) is 0 Å². The molecule has 3 rings (SSSR count). The maximum Gasteiger partial charge on any atom is 0.139 e. The van der Waals surface area contributed by atoms with E-state index >= 15 is 0 Å². The van der Waals surface area contributed by atoms with Crippen LogP contribution in [0.2, 0.25) is 0 Å². The molecule has 6 heteroatoms. The van der Waals surface area contributed by atoms with Crippen molar-refractivity contribution < 1.29 is 9.13 Å². The zero-order chi connectivity index (χ0) is 14.3. The summed E-state index contributed by atoms with van der Waals surface area (Å²) in [5.74, 6) is 0.447. The monoisotopic (exact) mass is 360 g/mol. The van der Waals surface area contributed by atoms with Crippen molar-refractivity contribution in [1.29, 1.82) is 0 Å². The van der Waals surface area contributed by atoms with Crippen LogP contribution >= 0.6 is 27.5 Å². The lowest BCUT2D eigenvalue weighted by Crippen LogP contribution is -2.17. The first-order valence-electron chi connectivity index (χ1n) is 6.67. The summed E-state index contributed by atoms with van der Waals surface area (Å²) < 4.78 is 21.8. The van der Waals surface area contributed by atoms with E-state index in [0.717, 1.165) is 30.8 Å². The van der Waals surface area contributed by atoms with Gasteiger partial charge in [-0.05, 0) is 41.8 Å². The first-order chi connectivity index (χ1) is 9.56. The fourth-order valence-electron chi connectivity index (χ4n) is 2.63. The standard InChI is InChI=1S/C14H15BrClFN2O/c1-8(16)14-18-12-6-11(17)10(15)5-13(12)19(14)7-9-3-2-4-20-9/h5-6,8-9H,2-4,7H2,1H3. The van der Waals surface area contributed by atoms with Crippen molar-refractivity contribution in [3.63, 3.8) is 0 Å². The van der Waals surface area contributed by atoms with Gasteiger partial charge >= 0.3 is 0 Å². The zero-order valence-corrected chi connectivity index (χ0v) is 13.4. The number of nitrogens with zero attached hydrogens (tertiary/aromatic N) is 2. The predicted molar refractivity (Wildman–Crippen MR) is 80.6 cm³/mol. The van der Waals surface area contributed by atoms with Crippen LogP contribution < -0.4 is 0 Å². The van der Waals surface area contributed by atoms with Crippen LogP contribution in [0.5, 0.6) is 0 Å². The van der Waals surface area contributed by atoms with Crippen molar-refractivity contribution in [3.05, 3.63) is 28.2 Å². The molecule has 20 heavy (non-hydrogen) atoms. The van der Waals surface area contributed by atoms with Crippen LogP contribution in [-0.2, 0) is 11.3 Å². The summed E-state index contributed by atoms with van der Waals surface area (Å²) in [6, 6.07) is 3.20. The van der Waals surface area contributed by atoms with E-state index in [-0.39, 0.29) is 17.3 Å². The molecule has 0 saturated carbocycles. The largest absolute Gasteiger partial charge is 0.376 e. The van der Waals surface area contributed by atoms with Gasteiger partial charge in [0.15, 0.2) is 0 Å². The Labute approximate surface area is 130 Å². The summed E-state index contributed by atoms with van der Waals surface area (Å²) in [4.78, 5) is 4.47. The highest BCUT2D eigenvalue weighted by Crippen LogP contribution is 2.29. The number of alkyl halides is 1. The highest BCUT2D eigenvalue weighted by atomic mass is 79.9.